The molecule has 0 heterocycles. The SMILES string of the molecule is CNCc1cccc(Oc2cccc(Cl)c2C(N)=O)c1. The molecule has 0 aliphatic heterocycles. The van der Waals surface area contributed by atoms with Gasteiger partial charge in [0.05, 0.1) is 5.02 Å². The quantitative estimate of drug-likeness (QED) is 0.890. The van der Waals surface area contributed by atoms with Crippen molar-refractivity contribution in [2.45, 2.75) is 6.54 Å². The molecule has 1 amide bonds. The Bertz CT molecular complexity index is 629. The largest absolute Gasteiger partial charge is 0.456 e. The topological polar surface area (TPSA) is 64.3 Å². The number of nitrogens with two attached hydrogens (primary N) is 1. The zero-order valence-corrected chi connectivity index (χ0v) is 11.8. The standard InChI is InChI=1S/C15H15ClN2O2/c1-18-9-10-4-2-5-11(8-10)20-13-7-3-6-12(16)14(13)15(17)19/h2-8,18H,9H2,1H3,(H2,17,19). The van der Waals surface area contributed by atoms with Gasteiger partial charge in [-0.15, -0.1) is 0 Å². The van der Waals surface area contributed by atoms with E-state index in [2.05, 4.69) is 5.32 Å². The lowest BCUT2D eigenvalue weighted by atomic mass is 10.2. The van der Waals surface area contributed by atoms with Crippen LogP contribution in [0.2, 0.25) is 5.02 Å². The van der Waals surface area contributed by atoms with E-state index in [0.29, 0.717) is 11.5 Å². The van der Waals surface area contributed by atoms with E-state index in [4.69, 9.17) is 22.1 Å². The number of primary amides is 1. The summed E-state index contributed by atoms with van der Waals surface area (Å²) in [6.07, 6.45) is 0. The van der Waals surface area contributed by atoms with Crippen LogP contribution in [0.25, 0.3) is 0 Å². The zero-order chi connectivity index (χ0) is 14.5. The van der Waals surface area contributed by atoms with Gasteiger partial charge in [-0.2, -0.15) is 0 Å². The van der Waals surface area contributed by atoms with E-state index in [1.54, 1.807) is 18.2 Å². The Kier molecular flexibility index (Phi) is 4.61. The van der Waals surface area contributed by atoms with Crippen molar-refractivity contribution in [3.63, 3.8) is 0 Å². The number of hydrogen-bond acceptors (Lipinski definition) is 3. The summed E-state index contributed by atoms with van der Waals surface area (Å²) >= 11 is 5.98. The molecule has 0 atom stereocenters. The van der Waals surface area contributed by atoms with Crippen LogP contribution < -0.4 is 15.8 Å². The first-order chi connectivity index (χ1) is 9.61. The van der Waals surface area contributed by atoms with Crippen molar-refractivity contribution in [3.05, 3.63) is 58.6 Å². The van der Waals surface area contributed by atoms with E-state index in [9.17, 15) is 4.79 Å². The third kappa shape index (κ3) is 3.29. The van der Waals surface area contributed by atoms with Crippen molar-refractivity contribution >= 4 is 17.5 Å². The second-order valence-electron chi connectivity index (χ2n) is 4.26. The van der Waals surface area contributed by atoms with Crippen LogP contribution in [0.4, 0.5) is 0 Å². The van der Waals surface area contributed by atoms with Crippen LogP contribution in [0.15, 0.2) is 42.5 Å². The molecule has 0 saturated heterocycles. The molecule has 0 aliphatic carbocycles. The maximum atomic E-state index is 11.5. The second kappa shape index (κ2) is 6.41. The Labute approximate surface area is 122 Å². The van der Waals surface area contributed by atoms with Gasteiger partial charge in [0.25, 0.3) is 5.91 Å². The summed E-state index contributed by atoms with van der Waals surface area (Å²) in [5, 5.41) is 3.34. The van der Waals surface area contributed by atoms with Crippen LogP contribution in [0.1, 0.15) is 15.9 Å². The predicted octanol–water partition coefficient (Wildman–Crippen LogP) is 2.95. The van der Waals surface area contributed by atoms with Crippen LogP contribution >= 0.6 is 11.6 Å². The Morgan fingerprint density at radius 1 is 1.30 bits per heavy atom. The zero-order valence-electron chi connectivity index (χ0n) is 11.0. The van der Waals surface area contributed by atoms with Gasteiger partial charge in [-0.3, -0.25) is 4.79 Å². The fourth-order valence-corrected chi connectivity index (χ4v) is 2.14. The molecule has 3 N–H and O–H groups in total. The monoisotopic (exact) mass is 290 g/mol. The van der Waals surface area contributed by atoms with Crippen LogP contribution in [0, 0.1) is 0 Å². The fourth-order valence-electron chi connectivity index (χ4n) is 1.88. The fraction of sp³-hybridized carbons (Fsp3) is 0.133. The van der Waals surface area contributed by atoms with E-state index >= 15 is 0 Å². The molecule has 0 spiro atoms. The van der Waals surface area contributed by atoms with Gasteiger partial charge in [0.2, 0.25) is 0 Å². The van der Waals surface area contributed by atoms with Gasteiger partial charge in [-0.05, 0) is 36.9 Å². The van der Waals surface area contributed by atoms with Gasteiger partial charge in [0.15, 0.2) is 0 Å². The summed E-state index contributed by atoms with van der Waals surface area (Å²) in [4.78, 5) is 11.5. The van der Waals surface area contributed by atoms with Crippen molar-refractivity contribution < 1.29 is 9.53 Å². The van der Waals surface area contributed by atoms with Crippen molar-refractivity contribution in [1.29, 1.82) is 0 Å². The molecule has 0 radical (unpaired) electrons. The molecule has 4 nitrogen and oxygen atoms in total. The van der Waals surface area contributed by atoms with Gasteiger partial charge in [0, 0.05) is 6.54 Å². The minimum absolute atomic E-state index is 0.188. The first-order valence-electron chi connectivity index (χ1n) is 6.11. The van der Waals surface area contributed by atoms with Gasteiger partial charge in [-0.1, -0.05) is 29.8 Å². The minimum atomic E-state index is -0.614. The first-order valence-corrected chi connectivity index (χ1v) is 6.49. The summed E-state index contributed by atoms with van der Waals surface area (Å²) in [5.41, 5.74) is 6.60. The van der Waals surface area contributed by atoms with Crippen molar-refractivity contribution in [3.8, 4) is 11.5 Å². The number of carbonyl (C=O) groups excluding carboxylic acids is 1. The number of halogens is 1. The summed E-state index contributed by atoms with van der Waals surface area (Å²) in [5.74, 6) is 0.367. The van der Waals surface area contributed by atoms with Gasteiger partial charge in [-0.25, -0.2) is 0 Å². The summed E-state index contributed by atoms with van der Waals surface area (Å²) in [6.45, 7) is 0.732. The van der Waals surface area contributed by atoms with Gasteiger partial charge >= 0.3 is 0 Å². The van der Waals surface area contributed by atoms with Gasteiger partial charge < -0.3 is 15.8 Å². The number of ether oxygens (including phenoxy) is 1. The summed E-state index contributed by atoms with van der Waals surface area (Å²) in [6, 6.07) is 12.5. The average molecular weight is 291 g/mol. The molecule has 2 aromatic carbocycles. The van der Waals surface area contributed by atoms with E-state index in [-0.39, 0.29) is 10.6 Å². The molecule has 0 unspecified atom stereocenters. The van der Waals surface area contributed by atoms with Crippen molar-refractivity contribution in [1.82, 2.24) is 5.32 Å². The van der Waals surface area contributed by atoms with Crippen LogP contribution in [-0.2, 0) is 6.54 Å². The molecule has 0 aromatic heterocycles. The lowest BCUT2D eigenvalue weighted by Gasteiger charge is -2.11. The number of nitrogens with one attached hydrogen (secondary N) is 1. The van der Waals surface area contributed by atoms with Crippen molar-refractivity contribution in [2.75, 3.05) is 7.05 Å². The Balaban J connectivity index is 2.32. The predicted molar refractivity (Wildman–Crippen MR) is 79.2 cm³/mol. The Hall–Kier alpha value is -2.04. The van der Waals surface area contributed by atoms with Gasteiger partial charge in [0.1, 0.15) is 17.1 Å². The smallest absolute Gasteiger partial charge is 0.254 e. The number of carbonyl (C=O) groups is 1. The normalized spacial score (nSPS) is 10.3. The lowest BCUT2D eigenvalue weighted by molar-refractivity contribution is 0.0998. The van der Waals surface area contributed by atoms with E-state index in [1.165, 1.54) is 0 Å². The number of benzene rings is 2. The minimum Gasteiger partial charge on any atom is -0.456 e. The molecular formula is C15H15ClN2O2. The molecule has 0 fully saturated rings. The highest BCUT2D eigenvalue weighted by Crippen LogP contribution is 2.30. The third-order valence-electron chi connectivity index (χ3n) is 2.73. The van der Waals surface area contributed by atoms with Crippen LogP contribution in [-0.4, -0.2) is 13.0 Å². The maximum absolute atomic E-state index is 11.5. The van der Waals surface area contributed by atoms with Crippen LogP contribution in [0.5, 0.6) is 11.5 Å². The molecular weight excluding hydrogens is 276 g/mol. The molecule has 0 aliphatic rings. The second-order valence-corrected chi connectivity index (χ2v) is 4.66. The summed E-state index contributed by atoms with van der Waals surface area (Å²) in [7, 11) is 1.87. The van der Waals surface area contributed by atoms with E-state index < -0.39 is 5.91 Å². The average Bonchev–Trinajstić information content (AvgIpc) is 2.39. The number of hydrogen-bond donors (Lipinski definition) is 2. The first kappa shape index (κ1) is 14.4. The summed E-state index contributed by atoms with van der Waals surface area (Å²) < 4.78 is 5.73. The molecule has 2 rings (SSSR count). The highest BCUT2D eigenvalue weighted by molar-refractivity contribution is 6.34. The third-order valence-corrected chi connectivity index (χ3v) is 3.04. The van der Waals surface area contributed by atoms with Crippen molar-refractivity contribution in [2.24, 2.45) is 5.73 Å². The highest BCUT2D eigenvalue weighted by Gasteiger charge is 2.14. The maximum Gasteiger partial charge on any atom is 0.254 e. The lowest BCUT2D eigenvalue weighted by Crippen LogP contribution is -2.13. The van der Waals surface area contributed by atoms with E-state index in [0.717, 1.165) is 12.1 Å². The van der Waals surface area contributed by atoms with Crippen LogP contribution in [0.3, 0.4) is 0 Å². The molecule has 0 saturated carbocycles. The molecule has 2 aromatic rings. The molecule has 20 heavy (non-hydrogen) atoms. The Morgan fingerprint density at radius 2 is 2.05 bits per heavy atom. The van der Waals surface area contributed by atoms with E-state index in [1.807, 2.05) is 31.3 Å². The Morgan fingerprint density at radius 3 is 2.75 bits per heavy atom. The number of amides is 1. The number of rotatable bonds is 5. The molecule has 5 heteroatoms. The molecule has 104 valence electrons. The highest BCUT2D eigenvalue weighted by atomic mass is 35.5. The molecule has 0 bridgehead atoms.